The van der Waals surface area contributed by atoms with Crippen LogP contribution in [0.5, 0.6) is 0 Å². The maximum Gasteiger partial charge on any atom is 0.321 e. The number of aryl methyl sites for hydroxylation is 1. The minimum absolute atomic E-state index is 0.00609. The molecule has 0 atom stereocenters. The van der Waals surface area contributed by atoms with Gasteiger partial charge in [-0.15, -0.1) is 0 Å². The molecular weight excluding hydrogens is 380 g/mol. The number of hydrogen-bond donors (Lipinski definition) is 2. The summed E-state index contributed by atoms with van der Waals surface area (Å²) in [4.78, 5) is 41.3. The molecule has 0 aromatic heterocycles. The normalized spacial score (nSPS) is 18.7. The topological polar surface area (TPSA) is 81.8 Å². The van der Waals surface area contributed by atoms with Crippen LogP contribution in [0.15, 0.2) is 24.3 Å². The number of rotatable bonds is 5. The van der Waals surface area contributed by atoms with Crippen LogP contribution in [0.4, 0.5) is 10.5 Å². The Kier molecular flexibility index (Phi) is 7.00. The van der Waals surface area contributed by atoms with Gasteiger partial charge in [-0.2, -0.15) is 0 Å². The molecule has 1 heterocycles. The van der Waals surface area contributed by atoms with Crippen LogP contribution in [0, 0.1) is 18.3 Å². The number of likely N-dealkylation sites (tertiary alicyclic amines) is 1. The molecule has 3 rings (SSSR count). The van der Waals surface area contributed by atoms with Gasteiger partial charge in [0, 0.05) is 45.3 Å². The van der Waals surface area contributed by atoms with Crippen molar-refractivity contribution in [3.8, 4) is 0 Å². The minimum atomic E-state index is -0.451. The molecule has 0 bridgehead atoms. The fraction of sp³-hybridized carbons (Fsp3) is 0.609. The maximum absolute atomic E-state index is 12.7. The number of anilines is 1. The molecule has 1 aromatic rings. The number of hydrogen-bond acceptors (Lipinski definition) is 3. The summed E-state index contributed by atoms with van der Waals surface area (Å²) in [7, 11) is 3.56. The van der Waals surface area contributed by atoms with Crippen LogP contribution in [0.3, 0.4) is 0 Å². The Bertz CT molecular complexity index is 778. The van der Waals surface area contributed by atoms with Crippen molar-refractivity contribution in [2.45, 2.75) is 45.4 Å². The number of amides is 4. The van der Waals surface area contributed by atoms with Crippen LogP contribution in [-0.4, -0.2) is 61.4 Å². The Balaban J connectivity index is 1.48. The smallest absolute Gasteiger partial charge is 0.321 e. The zero-order valence-electron chi connectivity index (χ0n) is 18.4. The van der Waals surface area contributed by atoms with Crippen molar-refractivity contribution in [1.29, 1.82) is 0 Å². The first-order valence-electron chi connectivity index (χ1n) is 10.9. The van der Waals surface area contributed by atoms with Crippen LogP contribution in [0.1, 0.15) is 44.1 Å². The van der Waals surface area contributed by atoms with Gasteiger partial charge in [0.25, 0.3) is 0 Å². The molecule has 1 aliphatic carbocycles. The second-order valence-corrected chi connectivity index (χ2v) is 8.97. The van der Waals surface area contributed by atoms with Gasteiger partial charge < -0.3 is 20.4 Å². The fourth-order valence-electron chi connectivity index (χ4n) is 4.66. The molecule has 7 heteroatoms. The van der Waals surface area contributed by atoms with Crippen LogP contribution in [-0.2, 0) is 9.59 Å². The van der Waals surface area contributed by atoms with Crippen molar-refractivity contribution >= 4 is 23.5 Å². The average Bonchev–Trinajstić information content (AvgIpc) is 3.21. The van der Waals surface area contributed by atoms with E-state index in [0.29, 0.717) is 32.5 Å². The van der Waals surface area contributed by atoms with Crippen molar-refractivity contribution in [2.24, 2.45) is 11.3 Å². The van der Waals surface area contributed by atoms with E-state index >= 15 is 0 Å². The van der Waals surface area contributed by atoms with E-state index in [-0.39, 0.29) is 23.8 Å². The van der Waals surface area contributed by atoms with Gasteiger partial charge in [-0.05, 0) is 50.3 Å². The SMILES string of the molecule is Cc1cccc(NC(=O)N2CCC(C(=O)NCC3(C(=O)N(C)C)CCCC3)CC2)c1. The summed E-state index contributed by atoms with van der Waals surface area (Å²) in [6, 6.07) is 7.59. The van der Waals surface area contributed by atoms with E-state index in [1.807, 2.05) is 31.2 Å². The molecule has 1 saturated heterocycles. The lowest BCUT2D eigenvalue weighted by atomic mass is 9.84. The summed E-state index contributed by atoms with van der Waals surface area (Å²) < 4.78 is 0. The number of carbonyl (C=O) groups is 3. The molecule has 0 radical (unpaired) electrons. The lowest BCUT2D eigenvalue weighted by molar-refractivity contribution is -0.139. The summed E-state index contributed by atoms with van der Waals surface area (Å²) in [6.07, 6.45) is 5.01. The third-order valence-electron chi connectivity index (χ3n) is 6.44. The van der Waals surface area contributed by atoms with E-state index in [1.54, 1.807) is 23.9 Å². The summed E-state index contributed by atoms with van der Waals surface area (Å²) >= 11 is 0. The minimum Gasteiger partial charge on any atom is -0.355 e. The number of nitrogens with zero attached hydrogens (tertiary/aromatic N) is 2. The van der Waals surface area contributed by atoms with Crippen LogP contribution < -0.4 is 10.6 Å². The van der Waals surface area contributed by atoms with E-state index in [1.165, 1.54) is 0 Å². The molecule has 1 saturated carbocycles. The van der Waals surface area contributed by atoms with Gasteiger partial charge in [-0.3, -0.25) is 9.59 Å². The largest absolute Gasteiger partial charge is 0.355 e. The molecule has 2 fully saturated rings. The van der Waals surface area contributed by atoms with Gasteiger partial charge in [0.15, 0.2) is 0 Å². The van der Waals surface area contributed by atoms with Crippen molar-refractivity contribution in [2.75, 3.05) is 39.0 Å². The van der Waals surface area contributed by atoms with Crippen molar-refractivity contribution in [1.82, 2.24) is 15.1 Å². The van der Waals surface area contributed by atoms with Crippen molar-refractivity contribution in [3.63, 3.8) is 0 Å². The van der Waals surface area contributed by atoms with E-state index in [9.17, 15) is 14.4 Å². The molecule has 0 unspecified atom stereocenters. The highest BCUT2D eigenvalue weighted by molar-refractivity contribution is 5.90. The zero-order chi connectivity index (χ0) is 21.7. The van der Waals surface area contributed by atoms with Gasteiger partial charge in [-0.25, -0.2) is 4.79 Å². The van der Waals surface area contributed by atoms with Crippen LogP contribution in [0.2, 0.25) is 0 Å². The molecule has 1 aliphatic heterocycles. The number of carbonyl (C=O) groups excluding carboxylic acids is 3. The zero-order valence-corrected chi connectivity index (χ0v) is 18.4. The van der Waals surface area contributed by atoms with Gasteiger partial charge >= 0.3 is 6.03 Å². The Morgan fingerprint density at radius 3 is 2.40 bits per heavy atom. The number of benzene rings is 1. The van der Waals surface area contributed by atoms with Crippen molar-refractivity contribution in [3.05, 3.63) is 29.8 Å². The molecular formula is C23H34N4O3. The molecule has 30 heavy (non-hydrogen) atoms. The standard InChI is InChI=1S/C23H34N4O3/c1-17-7-6-8-19(15-17)25-22(30)27-13-9-18(10-14-27)20(28)24-16-23(11-4-5-12-23)21(29)26(2)3/h6-8,15,18H,4-5,9-14,16H2,1-3H3,(H,24,28)(H,25,30). The molecule has 7 nitrogen and oxygen atoms in total. The fourth-order valence-corrected chi connectivity index (χ4v) is 4.66. The summed E-state index contributed by atoms with van der Waals surface area (Å²) in [5, 5.41) is 5.99. The molecule has 4 amide bonds. The lowest BCUT2D eigenvalue weighted by Gasteiger charge is -2.33. The highest BCUT2D eigenvalue weighted by Crippen LogP contribution is 2.39. The van der Waals surface area contributed by atoms with E-state index in [2.05, 4.69) is 10.6 Å². The third kappa shape index (κ3) is 5.12. The van der Waals surface area contributed by atoms with Gasteiger partial charge in [0.05, 0.1) is 5.41 Å². The monoisotopic (exact) mass is 414 g/mol. The van der Waals surface area contributed by atoms with E-state index in [4.69, 9.17) is 0 Å². The van der Waals surface area contributed by atoms with Gasteiger partial charge in [0.2, 0.25) is 11.8 Å². The Labute approximate surface area is 179 Å². The summed E-state index contributed by atoms with van der Waals surface area (Å²) in [6.45, 7) is 3.51. The number of nitrogens with one attached hydrogen (secondary N) is 2. The van der Waals surface area contributed by atoms with Gasteiger partial charge in [0.1, 0.15) is 0 Å². The summed E-state index contributed by atoms with van der Waals surface area (Å²) in [5.41, 5.74) is 1.43. The van der Waals surface area contributed by atoms with Crippen molar-refractivity contribution < 1.29 is 14.4 Å². The predicted octanol–water partition coefficient (Wildman–Crippen LogP) is 3.00. The Morgan fingerprint density at radius 1 is 1.13 bits per heavy atom. The quantitative estimate of drug-likeness (QED) is 0.777. The second-order valence-electron chi connectivity index (χ2n) is 8.97. The summed E-state index contributed by atoms with van der Waals surface area (Å²) in [5.74, 6) is 0.00967. The second kappa shape index (κ2) is 9.49. The first-order chi connectivity index (χ1) is 14.3. The molecule has 1 aromatic carbocycles. The average molecular weight is 415 g/mol. The number of piperidine rings is 1. The molecule has 2 N–H and O–H groups in total. The highest BCUT2D eigenvalue weighted by atomic mass is 16.2. The molecule has 2 aliphatic rings. The molecule has 0 spiro atoms. The first kappa shape index (κ1) is 22.1. The first-order valence-corrected chi connectivity index (χ1v) is 10.9. The Morgan fingerprint density at radius 2 is 1.80 bits per heavy atom. The van der Waals surface area contributed by atoms with E-state index in [0.717, 1.165) is 36.9 Å². The lowest BCUT2D eigenvalue weighted by Crippen LogP contribution is -2.49. The van der Waals surface area contributed by atoms with Crippen LogP contribution >= 0.6 is 0 Å². The Hall–Kier alpha value is -2.57. The molecule has 164 valence electrons. The van der Waals surface area contributed by atoms with Gasteiger partial charge in [-0.1, -0.05) is 25.0 Å². The van der Waals surface area contributed by atoms with Crippen LogP contribution in [0.25, 0.3) is 0 Å². The van der Waals surface area contributed by atoms with E-state index < -0.39 is 5.41 Å². The number of urea groups is 1. The maximum atomic E-state index is 12.7. The highest BCUT2D eigenvalue weighted by Gasteiger charge is 2.42. The predicted molar refractivity (Wildman–Crippen MR) is 117 cm³/mol. The third-order valence-corrected chi connectivity index (χ3v) is 6.44.